The van der Waals surface area contributed by atoms with E-state index in [0.29, 0.717) is 12.2 Å². The van der Waals surface area contributed by atoms with Crippen LogP contribution in [0.3, 0.4) is 0 Å². The number of aromatic nitrogens is 2. The minimum atomic E-state index is -0.0699. The lowest BCUT2D eigenvalue weighted by molar-refractivity contribution is 0.0952. The van der Waals surface area contributed by atoms with E-state index in [1.165, 1.54) is 0 Å². The van der Waals surface area contributed by atoms with Gasteiger partial charge in [-0.05, 0) is 31.2 Å². The van der Waals surface area contributed by atoms with Crippen molar-refractivity contribution < 1.29 is 9.53 Å². The zero-order valence-corrected chi connectivity index (χ0v) is 12.8. The molecule has 104 valence electrons. The highest BCUT2D eigenvalue weighted by atomic mass is 79.9. The van der Waals surface area contributed by atoms with Gasteiger partial charge in [0, 0.05) is 17.7 Å². The largest absolute Gasteiger partial charge is 0.487 e. The first-order valence-corrected chi connectivity index (χ1v) is 7.11. The summed E-state index contributed by atoms with van der Waals surface area (Å²) in [4.78, 5) is 14.4. The molecule has 3 rings (SSSR count). The fourth-order valence-corrected chi connectivity index (χ4v) is 2.67. The lowest BCUT2D eigenvalue weighted by atomic mass is 10.2. The second-order valence-corrected chi connectivity index (χ2v) is 5.71. The molecule has 2 heterocycles. The molecule has 5 nitrogen and oxygen atoms in total. The minimum absolute atomic E-state index is 0.0409. The van der Waals surface area contributed by atoms with Crippen molar-refractivity contribution in [3.05, 3.63) is 40.6 Å². The van der Waals surface area contributed by atoms with Crippen molar-refractivity contribution >= 4 is 27.5 Å². The van der Waals surface area contributed by atoms with Gasteiger partial charge in [0.1, 0.15) is 17.5 Å². The van der Waals surface area contributed by atoms with Crippen molar-refractivity contribution in [1.82, 2.24) is 9.78 Å². The first-order chi connectivity index (χ1) is 9.56. The number of carbonyl (C=O) groups is 1. The Morgan fingerprint density at radius 3 is 2.95 bits per heavy atom. The average Bonchev–Trinajstić information content (AvgIpc) is 2.84. The second-order valence-electron chi connectivity index (χ2n) is 4.80. The molecule has 1 aromatic carbocycles. The molecule has 0 aliphatic carbocycles. The number of rotatable bonds is 1. The van der Waals surface area contributed by atoms with Gasteiger partial charge in [-0.1, -0.05) is 15.9 Å². The number of fused-ring (bicyclic) bond motifs is 1. The Kier molecular flexibility index (Phi) is 3.25. The van der Waals surface area contributed by atoms with Gasteiger partial charge in [-0.3, -0.25) is 14.4 Å². The van der Waals surface area contributed by atoms with Crippen LogP contribution in [0.2, 0.25) is 0 Å². The normalized spacial score (nSPS) is 17.6. The average molecular weight is 336 g/mol. The Bertz CT molecular complexity index is 668. The smallest absolute Gasteiger partial charge is 0.276 e. The van der Waals surface area contributed by atoms with E-state index in [2.05, 4.69) is 21.0 Å². The van der Waals surface area contributed by atoms with Gasteiger partial charge in [0.15, 0.2) is 0 Å². The Balaban J connectivity index is 2.04. The van der Waals surface area contributed by atoms with Crippen molar-refractivity contribution in [2.45, 2.75) is 13.0 Å². The van der Waals surface area contributed by atoms with Crippen LogP contribution in [0.5, 0.6) is 5.75 Å². The van der Waals surface area contributed by atoms with Gasteiger partial charge in [0.2, 0.25) is 0 Å². The molecule has 1 aromatic heterocycles. The van der Waals surface area contributed by atoms with E-state index in [1.807, 2.05) is 25.1 Å². The third kappa shape index (κ3) is 2.20. The molecule has 0 spiro atoms. The number of benzene rings is 1. The van der Waals surface area contributed by atoms with Crippen LogP contribution in [0.15, 0.2) is 34.9 Å². The van der Waals surface area contributed by atoms with E-state index >= 15 is 0 Å². The zero-order chi connectivity index (χ0) is 14.3. The Labute approximate surface area is 125 Å². The molecule has 1 unspecified atom stereocenters. The molecule has 2 aromatic rings. The summed E-state index contributed by atoms with van der Waals surface area (Å²) in [6, 6.07) is 7.40. The first-order valence-electron chi connectivity index (χ1n) is 6.32. The molecule has 0 saturated carbocycles. The molecule has 20 heavy (non-hydrogen) atoms. The predicted molar refractivity (Wildman–Crippen MR) is 79.1 cm³/mol. The molecule has 1 aliphatic rings. The van der Waals surface area contributed by atoms with E-state index in [4.69, 9.17) is 4.74 Å². The third-order valence-corrected chi connectivity index (χ3v) is 3.76. The predicted octanol–water partition coefficient (Wildman–Crippen LogP) is 2.61. The van der Waals surface area contributed by atoms with E-state index in [0.717, 1.165) is 15.9 Å². The lowest BCUT2D eigenvalue weighted by Gasteiger charge is -2.33. The highest BCUT2D eigenvalue weighted by Gasteiger charge is 2.29. The fraction of sp³-hybridized carbons (Fsp3) is 0.286. The minimum Gasteiger partial charge on any atom is -0.487 e. The van der Waals surface area contributed by atoms with Crippen molar-refractivity contribution in [2.24, 2.45) is 7.05 Å². The van der Waals surface area contributed by atoms with E-state index in [9.17, 15) is 4.79 Å². The van der Waals surface area contributed by atoms with Gasteiger partial charge in [0.05, 0.1) is 12.2 Å². The van der Waals surface area contributed by atoms with Crippen LogP contribution >= 0.6 is 15.9 Å². The summed E-state index contributed by atoms with van der Waals surface area (Å²) in [5, 5.41) is 4.05. The molecule has 1 aliphatic heterocycles. The Hall–Kier alpha value is -1.82. The summed E-state index contributed by atoms with van der Waals surface area (Å²) in [7, 11) is 1.76. The fourth-order valence-electron chi connectivity index (χ4n) is 2.32. The maximum absolute atomic E-state index is 12.7. The third-order valence-electron chi connectivity index (χ3n) is 3.26. The van der Waals surface area contributed by atoms with E-state index in [1.54, 1.807) is 28.9 Å². The quantitative estimate of drug-likeness (QED) is 0.804. The van der Waals surface area contributed by atoms with Crippen molar-refractivity contribution in [3.63, 3.8) is 0 Å². The molecule has 6 heteroatoms. The van der Waals surface area contributed by atoms with Crippen LogP contribution in [0.25, 0.3) is 0 Å². The monoisotopic (exact) mass is 335 g/mol. The number of carbonyl (C=O) groups excluding carboxylic acids is 1. The molecule has 0 N–H and O–H groups in total. The maximum atomic E-state index is 12.7. The lowest BCUT2D eigenvalue weighted by Crippen LogP contribution is -2.43. The summed E-state index contributed by atoms with van der Waals surface area (Å²) < 4.78 is 8.28. The Morgan fingerprint density at radius 2 is 2.25 bits per heavy atom. The molecular formula is C14H14BrN3O2. The molecule has 0 bridgehead atoms. The number of halogens is 1. The van der Waals surface area contributed by atoms with Crippen LogP contribution in [0.1, 0.15) is 17.4 Å². The molecule has 0 saturated heterocycles. The number of ether oxygens (including phenoxy) is 1. The van der Waals surface area contributed by atoms with E-state index < -0.39 is 0 Å². The number of amides is 1. The van der Waals surface area contributed by atoms with Gasteiger partial charge < -0.3 is 4.74 Å². The highest BCUT2D eigenvalue weighted by molar-refractivity contribution is 9.10. The summed E-state index contributed by atoms with van der Waals surface area (Å²) >= 11 is 3.43. The highest BCUT2D eigenvalue weighted by Crippen LogP contribution is 2.36. The topological polar surface area (TPSA) is 47.4 Å². The number of anilines is 1. The van der Waals surface area contributed by atoms with Crippen LogP contribution in [-0.4, -0.2) is 28.3 Å². The van der Waals surface area contributed by atoms with Gasteiger partial charge in [-0.2, -0.15) is 5.10 Å². The van der Waals surface area contributed by atoms with Gasteiger partial charge in [-0.15, -0.1) is 0 Å². The van der Waals surface area contributed by atoms with Crippen LogP contribution < -0.4 is 9.64 Å². The van der Waals surface area contributed by atoms with Crippen LogP contribution in [-0.2, 0) is 7.05 Å². The molecular weight excluding hydrogens is 322 g/mol. The van der Waals surface area contributed by atoms with Crippen LogP contribution in [0, 0.1) is 0 Å². The molecule has 1 amide bonds. The standard InChI is InChI=1S/C14H14BrN3O2/c1-9-8-18(14(19)11-5-6-16-17(11)2)12-7-10(15)3-4-13(12)20-9/h3-7,9H,8H2,1-2H3. The maximum Gasteiger partial charge on any atom is 0.276 e. The van der Waals surface area contributed by atoms with Gasteiger partial charge in [-0.25, -0.2) is 0 Å². The van der Waals surface area contributed by atoms with Gasteiger partial charge in [0.25, 0.3) is 5.91 Å². The van der Waals surface area contributed by atoms with Crippen molar-refractivity contribution in [2.75, 3.05) is 11.4 Å². The summed E-state index contributed by atoms with van der Waals surface area (Å²) in [6.07, 6.45) is 1.58. The number of aryl methyl sites for hydroxylation is 1. The van der Waals surface area contributed by atoms with Gasteiger partial charge >= 0.3 is 0 Å². The number of nitrogens with zero attached hydrogens (tertiary/aromatic N) is 3. The van der Waals surface area contributed by atoms with Crippen LogP contribution in [0.4, 0.5) is 5.69 Å². The molecule has 0 fully saturated rings. The Morgan fingerprint density at radius 1 is 1.45 bits per heavy atom. The SMILES string of the molecule is CC1CN(C(=O)c2ccnn2C)c2cc(Br)ccc2O1. The zero-order valence-electron chi connectivity index (χ0n) is 11.2. The second kappa shape index (κ2) is 4.94. The molecule has 1 atom stereocenters. The number of hydrogen-bond donors (Lipinski definition) is 0. The molecule has 0 radical (unpaired) electrons. The van der Waals surface area contributed by atoms with Crippen molar-refractivity contribution in [3.8, 4) is 5.75 Å². The van der Waals surface area contributed by atoms with E-state index in [-0.39, 0.29) is 12.0 Å². The summed E-state index contributed by atoms with van der Waals surface area (Å²) in [5.74, 6) is 0.655. The summed E-state index contributed by atoms with van der Waals surface area (Å²) in [5.41, 5.74) is 1.34. The van der Waals surface area contributed by atoms with Crippen molar-refractivity contribution in [1.29, 1.82) is 0 Å². The first kappa shape index (κ1) is 13.2. The number of hydrogen-bond acceptors (Lipinski definition) is 3. The summed E-state index contributed by atoms with van der Waals surface area (Å²) in [6.45, 7) is 2.47.